The molecule has 0 bridgehead atoms. The maximum absolute atomic E-state index is 12.6. The fraction of sp³-hybridized carbons (Fsp3) is 0.400. The number of likely N-dealkylation sites (tertiary alicyclic amines) is 1. The molecule has 0 radical (unpaired) electrons. The van der Waals surface area contributed by atoms with Crippen LogP contribution in [0.1, 0.15) is 18.7 Å². The van der Waals surface area contributed by atoms with Crippen LogP contribution in [0.2, 0.25) is 0 Å². The van der Waals surface area contributed by atoms with Crippen molar-refractivity contribution >= 4 is 31.6 Å². The predicted molar refractivity (Wildman–Crippen MR) is 119 cm³/mol. The molecule has 30 heavy (non-hydrogen) atoms. The summed E-state index contributed by atoms with van der Waals surface area (Å²) in [7, 11) is -1.61. The quantitative estimate of drug-likeness (QED) is 0.599. The van der Waals surface area contributed by atoms with Crippen LogP contribution in [0.4, 0.5) is 0 Å². The zero-order valence-corrected chi connectivity index (χ0v) is 18.5. The molecule has 4 rings (SSSR count). The van der Waals surface area contributed by atoms with Crippen LogP contribution in [0.5, 0.6) is 5.75 Å². The first-order valence-corrected chi connectivity index (χ1v) is 12.4. The summed E-state index contributed by atoms with van der Waals surface area (Å²) in [6.45, 7) is 1.90. The van der Waals surface area contributed by atoms with Crippen LogP contribution in [-0.4, -0.2) is 55.8 Å². The summed E-state index contributed by atoms with van der Waals surface area (Å²) in [5, 5.41) is 0. The largest absolute Gasteiger partial charge is 0.497 e. The first-order chi connectivity index (χ1) is 14.3. The number of hydrogen-bond donors (Lipinski definition) is 2. The summed E-state index contributed by atoms with van der Waals surface area (Å²) in [6.07, 6.45) is 2.87. The van der Waals surface area contributed by atoms with Gasteiger partial charge >= 0.3 is 0 Å². The smallest absolute Gasteiger partial charge is 0.268 e. The summed E-state index contributed by atoms with van der Waals surface area (Å²) in [5.41, 5.74) is 1.53. The molecule has 0 saturated carbocycles. The number of aromatic amines is 1. The van der Waals surface area contributed by atoms with Crippen molar-refractivity contribution in [3.63, 3.8) is 0 Å². The lowest BCUT2D eigenvalue weighted by Crippen LogP contribution is -2.47. The van der Waals surface area contributed by atoms with Crippen molar-refractivity contribution in [1.29, 1.82) is 0 Å². The van der Waals surface area contributed by atoms with Crippen molar-refractivity contribution in [2.75, 3.05) is 26.5 Å². The molecule has 1 atom stereocenters. The Labute approximate surface area is 179 Å². The van der Waals surface area contributed by atoms with Gasteiger partial charge in [-0.1, -0.05) is 0 Å². The van der Waals surface area contributed by atoms with Crippen molar-refractivity contribution < 1.29 is 13.2 Å². The number of ether oxygens (including phenoxy) is 1. The van der Waals surface area contributed by atoms with Gasteiger partial charge in [0.05, 0.1) is 25.4 Å². The number of fused-ring (bicyclic) bond motifs is 1. The summed E-state index contributed by atoms with van der Waals surface area (Å²) in [5.74, 6) is 1.37. The first-order valence-electron chi connectivity index (χ1n) is 9.67. The molecule has 1 aliphatic heterocycles. The van der Waals surface area contributed by atoms with Crippen LogP contribution in [-0.2, 0) is 16.6 Å². The Morgan fingerprint density at radius 3 is 2.80 bits per heavy atom. The molecule has 3 aromatic rings. The van der Waals surface area contributed by atoms with E-state index in [1.807, 2.05) is 30.3 Å². The molecule has 8 nitrogen and oxygen atoms in total. The fourth-order valence-electron chi connectivity index (χ4n) is 3.77. The molecule has 0 spiro atoms. The number of rotatable bonds is 6. The molecule has 2 N–H and O–H groups in total. The van der Waals surface area contributed by atoms with Crippen molar-refractivity contribution in [2.45, 2.75) is 25.4 Å². The van der Waals surface area contributed by atoms with E-state index < -0.39 is 10.0 Å². The number of hydrogen-bond acceptors (Lipinski definition) is 7. The summed E-state index contributed by atoms with van der Waals surface area (Å²) >= 11 is 1.41. The third-order valence-corrected chi connectivity index (χ3v) is 7.00. The SMILES string of the molecule is COc1ccc(-c2cc3nc(CN4CCCC(NS(C)(=O)=O)C4)[nH]c(=O)c3s2)cc1. The third kappa shape index (κ3) is 4.89. The topological polar surface area (TPSA) is 104 Å². The molecule has 1 unspecified atom stereocenters. The summed E-state index contributed by atoms with van der Waals surface area (Å²) in [4.78, 5) is 23.3. The highest BCUT2D eigenvalue weighted by Crippen LogP contribution is 2.31. The van der Waals surface area contributed by atoms with Gasteiger partial charge in [0.1, 0.15) is 16.3 Å². The predicted octanol–water partition coefficient (Wildman–Crippen LogP) is 2.17. The molecule has 2 aromatic heterocycles. The van der Waals surface area contributed by atoms with Gasteiger partial charge in [-0.2, -0.15) is 0 Å². The lowest BCUT2D eigenvalue weighted by molar-refractivity contribution is 0.190. The number of benzene rings is 1. The first kappa shape index (κ1) is 21.0. The Hall–Kier alpha value is -2.27. The lowest BCUT2D eigenvalue weighted by atomic mass is 10.1. The second-order valence-corrected chi connectivity index (χ2v) is 10.4. The van der Waals surface area contributed by atoms with E-state index >= 15 is 0 Å². The minimum Gasteiger partial charge on any atom is -0.497 e. The van der Waals surface area contributed by atoms with E-state index in [-0.39, 0.29) is 11.6 Å². The van der Waals surface area contributed by atoms with E-state index in [9.17, 15) is 13.2 Å². The number of H-pyrrole nitrogens is 1. The summed E-state index contributed by atoms with van der Waals surface area (Å²) in [6, 6.07) is 9.51. The van der Waals surface area contributed by atoms with Crippen molar-refractivity contribution in [2.24, 2.45) is 0 Å². The van der Waals surface area contributed by atoms with Gasteiger partial charge in [0.2, 0.25) is 10.0 Å². The van der Waals surface area contributed by atoms with Gasteiger partial charge in [-0.15, -0.1) is 11.3 Å². The normalized spacial score (nSPS) is 18.0. The van der Waals surface area contributed by atoms with Crippen molar-refractivity contribution in [3.8, 4) is 16.2 Å². The number of aromatic nitrogens is 2. The van der Waals surface area contributed by atoms with Crippen LogP contribution in [0.15, 0.2) is 35.1 Å². The molecular formula is C20H24N4O4S2. The van der Waals surface area contributed by atoms with Crippen LogP contribution < -0.4 is 15.0 Å². The highest BCUT2D eigenvalue weighted by Gasteiger charge is 2.23. The Morgan fingerprint density at radius 1 is 1.33 bits per heavy atom. The average molecular weight is 449 g/mol. The van der Waals surface area contributed by atoms with E-state index in [2.05, 4.69) is 19.6 Å². The standard InChI is InChI=1S/C20H24N4O4S2/c1-28-15-7-5-13(6-8-15)17-10-16-19(29-17)20(25)22-18(21-16)12-24-9-3-4-14(11-24)23-30(2,26)27/h5-8,10,14,23H,3-4,9,11-12H2,1-2H3,(H,21,22,25). The second kappa shape index (κ2) is 8.46. The molecule has 1 aliphatic rings. The number of thiophene rings is 1. The van der Waals surface area contributed by atoms with Gasteiger partial charge in [-0.3, -0.25) is 9.69 Å². The van der Waals surface area contributed by atoms with E-state index in [1.165, 1.54) is 17.6 Å². The monoisotopic (exact) mass is 448 g/mol. The minimum absolute atomic E-state index is 0.118. The van der Waals surface area contributed by atoms with Crippen LogP contribution >= 0.6 is 11.3 Å². The van der Waals surface area contributed by atoms with E-state index in [4.69, 9.17) is 4.74 Å². The van der Waals surface area contributed by atoms with Gasteiger partial charge in [-0.05, 0) is 55.3 Å². The minimum atomic E-state index is -3.24. The molecule has 1 fully saturated rings. The Morgan fingerprint density at radius 2 is 2.10 bits per heavy atom. The average Bonchev–Trinajstić information content (AvgIpc) is 3.12. The Bertz CT molecular complexity index is 1200. The van der Waals surface area contributed by atoms with Gasteiger partial charge < -0.3 is 9.72 Å². The number of methoxy groups -OCH3 is 1. The molecule has 160 valence electrons. The molecule has 1 aromatic carbocycles. The molecule has 0 aliphatic carbocycles. The molecule has 10 heteroatoms. The Kier molecular flexibility index (Phi) is 5.92. The lowest BCUT2D eigenvalue weighted by Gasteiger charge is -2.32. The van der Waals surface area contributed by atoms with Gasteiger partial charge in [-0.25, -0.2) is 18.1 Å². The van der Waals surface area contributed by atoms with Gasteiger partial charge in [0.15, 0.2) is 0 Å². The van der Waals surface area contributed by atoms with Crippen LogP contribution in [0, 0.1) is 0 Å². The maximum Gasteiger partial charge on any atom is 0.268 e. The fourth-order valence-corrected chi connectivity index (χ4v) is 5.57. The number of sulfonamides is 1. The van der Waals surface area contributed by atoms with Crippen molar-refractivity contribution in [3.05, 3.63) is 46.5 Å². The number of nitrogens with one attached hydrogen (secondary N) is 2. The van der Waals surface area contributed by atoms with Gasteiger partial charge in [0, 0.05) is 17.5 Å². The Balaban J connectivity index is 1.54. The zero-order valence-electron chi connectivity index (χ0n) is 16.8. The third-order valence-electron chi connectivity index (χ3n) is 5.07. The molecule has 1 saturated heterocycles. The van der Waals surface area contributed by atoms with E-state index in [0.29, 0.717) is 29.1 Å². The molecular weight excluding hydrogens is 424 g/mol. The maximum atomic E-state index is 12.6. The van der Waals surface area contributed by atoms with Crippen LogP contribution in [0.25, 0.3) is 20.7 Å². The molecule has 0 amide bonds. The molecule has 3 heterocycles. The zero-order chi connectivity index (χ0) is 21.3. The van der Waals surface area contributed by atoms with Crippen molar-refractivity contribution in [1.82, 2.24) is 19.6 Å². The van der Waals surface area contributed by atoms with Crippen LogP contribution in [0.3, 0.4) is 0 Å². The van der Waals surface area contributed by atoms with E-state index in [1.54, 1.807) is 7.11 Å². The highest BCUT2D eigenvalue weighted by molar-refractivity contribution is 7.88. The number of nitrogens with zero attached hydrogens (tertiary/aromatic N) is 2. The number of piperidine rings is 1. The second-order valence-electron chi connectivity index (χ2n) is 7.53. The van der Waals surface area contributed by atoms with Gasteiger partial charge in [0.25, 0.3) is 5.56 Å². The highest BCUT2D eigenvalue weighted by atomic mass is 32.2. The van der Waals surface area contributed by atoms with E-state index in [0.717, 1.165) is 35.6 Å². The summed E-state index contributed by atoms with van der Waals surface area (Å²) < 4.78 is 31.5.